The van der Waals surface area contributed by atoms with E-state index in [1.807, 2.05) is 48.5 Å². The van der Waals surface area contributed by atoms with Gasteiger partial charge in [0.1, 0.15) is 54.4 Å². The van der Waals surface area contributed by atoms with Crippen molar-refractivity contribution >= 4 is 82.5 Å². The SMILES string of the molecule is CCCN1CC(=O)N(C)[C@@H](CC2CCCC(Cl)C2)C(=O)N(C)[C@@H](CC(C)C)C(=O)N[C@@H](COC[C@H](C)O)C(=O)N(C)[C@@H](CC(C)C)C(=O)N[C@H](C(=O)N2CCCCC2)CC(=O)N(C)CC(=O)N(C)[C@@H](CC2CCCCC2)C(=O)NC([C@@H](C)CC)C(=O)N(C)[C@@H](CC(C)C)C(=O)N[C@@H]([C@@H](C)O)C1=O. The number of nitrogens with zero attached hydrogens (tertiary/aromatic N) is 8. The zero-order chi connectivity index (χ0) is 76.6. The average Bonchev–Trinajstić information content (AvgIpc) is 0.822. The lowest BCUT2D eigenvalue weighted by molar-refractivity contribution is -0.152. The molecule has 3 unspecified atom stereocenters. The predicted octanol–water partition coefficient (Wildman–Crippen LogP) is 4.29. The number of nitrogens with one attached hydrogen (secondary N) is 4. The Kier molecular flexibility index (Phi) is 36.9. The molecular formula is C74H129ClN12O15. The van der Waals surface area contributed by atoms with Gasteiger partial charge in [0.15, 0.2) is 0 Å². The lowest BCUT2D eigenvalue weighted by Crippen LogP contribution is -2.62. The molecule has 27 nitrogen and oxygen atoms in total. The second-order valence-electron chi connectivity index (χ2n) is 31.1. The third-order valence-electron chi connectivity index (χ3n) is 21.0. The largest absolute Gasteiger partial charge is 0.391 e. The highest BCUT2D eigenvalue weighted by Gasteiger charge is 2.45. The van der Waals surface area contributed by atoms with Crippen molar-refractivity contribution in [3.63, 3.8) is 0 Å². The normalized spacial score (nSPS) is 28.2. The van der Waals surface area contributed by atoms with Gasteiger partial charge in [-0.05, 0) is 120 Å². The third-order valence-corrected chi connectivity index (χ3v) is 21.4. The molecule has 0 radical (unpaired) electrons. The van der Waals surface area contributed by atoms with Gasteiger partial charge in [0.2, 0.25) is 70.9 Å². The first-order chi connectivity index (χ1) is 47.9. The average molecular weight is 1460 g/mol. The van der Waals surface area contributed by atoms with Gasteiger partial charge in [-0.25, -0.2) is 0 Å². The molecule has 102 heavy (non-hydrogen) atoms. The van der Waals surface area contributed by atoms with E-state index in [0.29, 0.717) is 51.6 Å². The molecule has 4 aliphatic rings. The number of rotatable bonds is 20. The van der Waals surface area contributed by atoms with Crippen LogP contribution in [0.3, 0.4) is 0 Å². The maximum Gasteiger partial charge on any atom is 0.248 e. The first-order valence-electron chi connectivity index (χ1n) is 37.9. The number of carbonyl (C=O) groups is 12. The Morgan fingerprint density at radius 1 is 0.520 bits per heavy atom. The fraction of sp³-hybridized carbons (Fsp3) is 0.838. The summed E-state index contributed by atoms with van der Waals surface area (Å²) < 4.78 is 5.85. The van der Waals surface area contributed by atoms with Gasteiger partial charge in [-0.3, -0.25) is 57.5 Å². The maximum atomic E-state index is 15.5. The molecule has 2 aliphatic carbocycles. The first kappa shape index (κ1) is 88.2. The summed E-state index contributed by atoms with van der Waals surface area (Å²) in [5.41, 5.74) is 0. The van der Waals surface area contributed by atoms with E-state index >= 15 is 38.4 Å². The van der Waals surface area contributed by atoms with E-state index in [2.05, 4.69) is 21.3 Å². The van der Waals surface area contributed by atoms with Crippen molar-refractivity contribution in [1.29, 1.82) is 0 Å². The molecule has 2 heterocycles. The van der Waals surface area contributed by atoms with Gasteiger partial charge < -0.3 is 75.4 Å². The van der Waals surface area contributed by atoms with Gasteiger partial charge in [0.25, 0.3) is 0 Å². The number of carbonyl (C=O) groups excluding carboxylic acids is 12. The lowest BCUT2D eigenvalue weighted by atomic mass is 9.83. The smallest absolute Gasteiger partial charge is 0.248 e. The molecule has 0 aromatic rings. The molecule has 4 rings (SSSR count). The van der Waals surface area contributed by atoms with E-state index in [1.165, 1.54) is 80.6 Å². The van der Waals surface area contributed by atoms with Gasteiger partial charge in [0, 0.05) is 67.3 Å². The number of piperidine rings is 1. The minimum absolute atomic E-state index is 0.0227. The van der Waals surface area contributed by atoms with Crippen LogP contribution in [0.2, 0.25) is 0 Å². The van der Waals surface area contributed by atoms with E-state index in [9.17, 15) is 29.4 Å². The summed E-state index contributed by atoms with van der Waals surface area (Å²) in [6, 6.07) is -12.2. The Morgan fingerprint density at radius 2 is 1.00 bits per heavy atom. The maximum absolute atomic E-state index is 15.5. The number of ether oxygens (including phenoxy) is 1. The molecule has 2 saturated carbocycles. The van der Waals surface area contributed by atoms with Gasteiger partial charge in [0.05, 0.1) is 44.9 Å². The number of aliphatic hydroxyl groups excluding tert-OH is 2. The molecule has 0 spiro atoms. The number of likely N-dealkylation sites (tertiary alicyclic amines) is 1. The van der Waals surface area contributed by atoms with Crippen molar-refractivity contribution < 1.29 is 72.5 Å². The molecular weight excluding hydrogens is 1330 g/mol. The van der Waals surface area contributed by atoms with Crippen molar-refractivity contribution in [2.75, 3.05) is 88.2 Å². The second-order valence-corrected chi connectivity index (χ2v) is 31.8. The Balaban J connectivity index is 1.98. The van der Waals surface area contributed by atoms with Crippen molar-refractivity contribution in [3.05, 3.63) is 0 Å². The standard InChI is InChI=1S/C74H129ClN12O15/c1-18-31-87-42-63(92)82(14)60(39-52-29-26-30-53(75)37-52)72(99)84(16)57(35-46(5)6)67(94)77-55(44-102-43-49(10)88)70(97)83(15)56(34-45(3)4)66(93)76-54(71(98)86-32-24-21-25-33-86)40-61(90)80(12)41-62(91)81(13)59(38-51-27-22-20-23-28-51)69(96)78-64(48(9)19-2)73(100)85(17)58(36-47(7)8)68(95)79-65(50(11)89)74(87)101/h45-60,64-65,88-89H,18-44H2,1-17H3,(H,76,93)(H,77,94)(H,78,96)(H,79,95)/t48-,49-,50+,52?,53?,54-,55-,56-,57-,58-,59-,60-,64?,65-/m0/s1. The van der Waals surface area contributed by atoms with Crippen LogP contribution in [0.5, 0.6) is 0 Å². The molecule has 0 aromatic heterocycles. The molecule has 0 bridgehead atoms. The summed E-state index contributed by atoms with van der Waals surface area (Å²) in [5, 5.41) is 33.0. The quantitative estimate of drug-likeness (QED) is 0.0926. The monoisotopic (exact) mass is 1460 g/mol. The molecule has 6 N–H and O–H groups in total. The van der Waals surface area contributed by atoms with Crippen LogP contribution in [-0.4, -0.2) is 280 Å². The van der Waals surface area contributed by atoms with Gasteiger partial charge in [-0.1, -0.05) is 114 Å². The number of hydrogen-bond acceptors (Lipinski definition) is 15. The number of alkyl halides is 1. The summed E-state index contributed by atoms with van der Waals surface area (Å²) in [6.07, 6.45) is 7.43. The van der Waals surface area contributed by atoms with Gasteiger partial charge in [-0.15, -0.1) is 11.6 Å². The molecule has 582 valence electrons. The van der Waals surface area contributed by atoms with Crippen molar-refractivity contribution in [2.24, 2.45) is 35.5 Å². The summed E-state index contributed by atoms with van der Waals surface area (Å²) in [5.74, 6) is -9.81. The molecule has 2 aliphatic heterocycles. The molecule has 0 aromatic carbocycles. The van der Waals surface area contributed by atoms with Crippen LogP contribution >= 0.6 is 11.6 Å². The van der Waals surface area contributed by atoms with E-state index < -0.39 is 170 Å². The Labute approximate surface area is 613 Å². The second kappa shape index (κ2) is 42.7. The van der Waals surface area contributed by atoms with Crippen LogP contribution in [0.25, 0.3) is 0 Å². The van der Waals surface area contributed by atoms with Crippen LogP contribution < -0.4 is 21.3 Å². The zero-order valence-electron chi connectivity index (χ0n) is 64.6. The highest BCUT2D eigenvalue weighted by atomic mass is 35.5. The molecule has 2 saturated heterocycles. The van der Waals surface area contributed by atoms with E-state index in [1.54, 1.807) is 18.7 Å². The van der Waals surface area contributed by atoms with E-state index in [-0.39, 0.29) is 80.2 Å². The fourth-order valence-electron chi connectivity index (χ4n) is 14.4. The first-order valence-corrected chi connectivity index (χ1v) is 38.3. The minimum atomic E-state index is -1.65. The lowest BCUT2D eigenvalue weighted by Gasteiger charge is -2.39. The zero-order valence-corrected chi connectivity index (χ0v) is 65.4. The summed E-state index contributed by atoms with van der Waals surface area (Å²) in [4.78, 5) is 191. The Morgan fingerprint density at radius 3 is 1.53 bits per heavy atom. The molecule has 28 heteroatoms. The topological polar surface area (TPSA) is 329 Å². The molecule has 14 atom stereocenters. The van der Waals surface area contributed by atoms with Crippen LogP contribution in [0.1, 0.15) is 205 Å². The van der Waals surface area contributed by atoms with Crippen molar-refractivity contribution in [3.8, 4) is 0 Å². The van der Waals surface area contributed by atoms with Gasteiger partial charge in [-0.2, -0.15) is 0 Å². The number of likely N-dealkylation sites (N-methyl/N-ethyl adjacent to an activating group) is 6. The number of halogens is 1. The van der Waals surface area contributed by atoms with Gasteiger partial charge >= 0.3 is 0 Å². The number of aliphatic hydroxyl groups is 2. The van der Waals surface area contributed by atoms with E-state index in [0.717, 1.165) is 61.2 Å². The Bertz CT molecular complexity index is 2780. The number of hydrogen-bond donors (Lipinski definition) is 6. The minimum Gasteiger partial charge on any atom is -0.391 e. The highest BCUT2D eigenvalue weighted by Crippen LogP contribution is 2.34. The molecule has 12 amide bonds. The van der Waals surface area contributed by atoms with Crippen molar-refractivity contribution in [2.45, 2.75) is 277 Å². The number of amides is 12. The van der Waals surface area contributed by atoms with Crippen LogP contribution in [0.15, 0.2) is 0 Å². The highest BCUT2D eigenvalue weighted by molar-refractivity contribution is 6.20. The summed E-state index contributed by atoms with van der Waals surface area (Å²) >= 11 is 6.77. The summed E-state index contributed by atoms with van der Waals surface area (Å²) in [7, 11) is 8.53. The fourth-order valence-corrected chi connectivity index (χ4v) is 14.9. The van der Waals surface area contributed by atoms with Crippen molar-refractivity contribution in [1.82, 2.24) is 60.5 Å². The van der Waals surface area contributed by atoms with E-state index in [4.69, 9.17) is 16.3 Å². The predicted molar refractivity (Wildman–Crippen MR) is 389 cm³/mol. The van der Waals surface area contributed by atoms with Crippen LogP contribution in [0, 0.1) is 35.5 Å². The molecule has 4 fully saturated rings. The van der Waals surface area contributed by atoms with Crippen LogP contribution in [-0.2, 0) is 62.3 Å². The Hall–Kier alpha value is -6.19. The summed E-state index contributed by atoms with van der Waals surface area (Å²) in [6.45, 7) is 18.0. The third kappa shape index (κ3) is 26.4. The van der Waals surface area contributed by atoms with Crippen LogP contribution in [0.4, 0.5) is 0 Å².